The molecule has 0 atom stereocenters. The fourth-order valence-electron chi connectivity index (χ4n) is 1.78. The van der Waals surface area contributed by atoms with Crippen LogP contribution in [0.15, 0.2) is 42.5 Å². The Kier molecular flexibility index (Phi) is 3.55. The van der Waals surface area contributed by atoms with E-state index in [1.807, 2.05) is 42.5 Å². The number of benzene rings is 2. The highest BCUT2D eigenvalue weighted by Crippen LogP contribution is 2.42. The van der Waals surface area contributed by atoms with E-state index in [-0.39, 0.29) is 0 Å². The van der Waals surface area contributed by atoms with Crippen LogP contribution in [0, 0.1) is 0 Å². The standard InChI is InChI=1S/C14H13ClO2/c1-16-13-11(10-6-4-3-5-7-10)8-9-12(15)14(13)17-2/h3-9H,1-2H3. The molecule has 2 rings (SSSR count). The number of rotatable bonds is 3. The molecule has 0 aliphatic rings. The van der Waals surface area contributed by atoms with Crippen molar-refractivity contribution in [1.82, 2.24) is 0 Å². The van der Waals surface area contributed by atoms with Crippen LogP contribution in [0.5, 0.6) is 11.5 Å². The highest BCUT2D eigenvalue weighted by molar-refractivity contribution is 6.32. The monoisotopic (exact) mass is 248 g/mol. The Morgan fingerprint density at radius 2 is 1.47 bits per heavy atom. The van der Waals surface area contributed by atoms with E-state index in [0.717, 1.165) is 11.1 Å². The molecule has 0 amide bonds. The maximum atomic E-state index is 6.06. The predicted octanol–water partition coefficient (Wildman–Crippen LogP) is 4.02. The van der Waals surface area contributed by atoms with E-state index in [1.54, 1.807) is 14.2 Å². The number of methoxy groups -OCH3 is 2. The van der Waals surface area contributed by atoms with E-state index in [9.17, 15) is 0 Å². The van der Waals surface area contributed by atoms with Gasteiger partial charge in [-0.1, -0.05) is 41.9 Å². The van der Waals surface area contributed by atoms with E-state index in [4.69, 9.17) is 21.1 Å². The quantitative estimate of drug-likeness (QED) is 0.817. The lowest BCUT2D eigenvalue weighted by molar-refractivity contribution is 0.356. The van der Waals surface area contributed by atoms with Crippen molar-refractivity contribution in [3.8, 4) is 22.6 Å². The Labute approximate surface area is 106 Å². The van der Waals surface area contributed by atoms with Gasteiger partial charge in [-0.05, 0) is 17.7 Å². The minimum atomic E-state index is 0.545. The minimum Gasteiger partial charge on any atom is -0.492 e. The summed E-state index contributed by atoms with van der Waals surface area (Å²) >= 11 is 6.06. The van der Waals surface area contributed by atoms with Gasteiger partial charge in [-0.15, -0.1) is 0 Å². The molecule has 0 unspecified atom stereocenters. The second-order valence-electron chi connectivity index (χ2n) is 3.53. The average Bonchev–Trinajstić information content (AvgIpc) is 2.39. The molecule has 3 heteroatoms. The first-order chi connectivity index (χ1) is 8.27. The molecule has 0 saturated carbocycles. The van der Waals surface area contributed by atoms with E-state index < -0.39 is 0 Å². The predicted molar refractivity (Wildman–Crippen MR) is 70.0 cm³/mol. The molecule has 0 heterocycles. The minimum absolute atomic E-state index is 0.545. The average molecular weight is 249 g/mol. The summed E-state index contributed by atoms with van der Waals surface area (Å²) in [5, 5.41) is 0.545. The molecular formula is C14H13ClO2. The van der Waals surface area contributed by atoms with Crippen molar-refractivity contribution < 1.29 is 9.47 Å². The van der Waals surface area contributed by atoms with Gasteiger partial charge in [0.15, 0.2) is 11.5 Å². The maximum Gasteiger partial charge on any atom is 0.180 e. The van der Waals surface area contributed by atoms with E-state index in [1.165, 1.54) is 0 Å². The summed E-state index contributed by atoms with van der Waals surface area (Å²) in [7, 11) is 3.19. The van der Waals surface area contributed by atoms with Gasteiger partial charge in [0, 0.05) is 5.56 Å². The van der Waals surface area contributed by atoms with E-state index in [0.29, 0.717) is 16.5 Å². The zero-order valence-corrected chi connectivity index (χ0v) is 10.5. The van der Waals surface area contributed by atoms with Crippen LogP contribution in [0.25, 0.3) is 11.1 Å². The number of hydrogen-bond acceptors (Lipinski definition) is 2. The topological polar surface area (TPSA) is 18.5 Å². The second-order valence-corrected chi connectivity index (χ2v) is 3.93. The molecule has 0 saturated heterocycles. The Bertz CT molecular complexity index is 509. The first-order valence-electron chi connectivity index (χ1n) is 5.24. The van der Waals surface area contributed by atoms with E-state index in [2.05, 4.69) is 0 Å². The molecule has 0 N–H and O–H groups in total. The molecule has 0 aliphatic carbocycles. The van der Waals surface area contributed by atoms with Crippen LogP contribution < -0.4 is 9.47 Å². The summed E-state index contributed by atoms with van der Waals surface area (Å²) < 4.78 is 10.7. The first kappa shape index (κ1) is 11.8. The van der Waals surface area contributed by atoms with Crippen molar-refractivity contribution in [2.24, 2.45) is 0 Å². The molecule has 2 aromatic rings. The van der Waals surface area contributed by atoms with Crippen LogP contribution in [0.4, 0.5) is 0 Å². The van der Waals surface area contributed by atoms with Gasteiger partial charge in [-0.3, -0.25) is 0 Å². The fourth-order valence-corrected chi connectivity index (χ4v) is 2.00. The van der Waals surface area contributed by atoms with Crippen LogP contribution in [-0.4, -0.2) is 14.2 Å². The summed E-state index contributed by atoms with van der Waals surface area (Å²) in [4.78, 5) is 0. The summed E-state index contributed by atoms with van der Waals surface area (Å²) in [5.41, 5.74) is 2.04. The Hall–Kier alpha value is -1.67. The SMILES string of the molecule is COc1c(Cl)ccc(-c2ccccc2)c1OC. The zero-order valence-electron chi connectivity index (χ0n) is 9.74. The summed E-state index contributed by atoms with van der Waals surface area (Å²) in [6.07, 6.45) is 0. The lowest BCUT2D eigenvalue weighted by Gasteiger charge is -2.14. The van der Waals surface area contributed by atoms with Crippen LogP contribution in [0.1, 0.15) is 0 Å². The van der Waals surface area contributed by atoms with Crippen molar-refractivity contribution in [2.75, 3.05) is 14.2 Å². The maximum absolute atomic E-state index is 6.06. The third kappa shape index (κ3) is 2.22. The first-order valence-corrected chi connectivity index (χ1v) is 5.61. The van der Waals surface area contributed by atoms with Gasteiger partial charge in [-0.2, -0.15) is 0 Å². The van der Waals surface area contributed by atoms with Gasteiger partial charge >= 0.3 is 0 Å². The van der Waals surface area contributed by atoms with Gasteiger partial charge in [0.05, 0.1) is 19.2 Å². The summed E-state index contributed by atoms with van der Waals surface area (Å²) in [6.45, 7) is 0. The van der Waals surface area contributed by atoms with Gasteiger partial charge in [0.25, 0.3) is 0 Å². The van der Waals surface area contributed by atoms with Crippen molar-refractivity contribution in [1.29, 1.82) is 0 Å². The van der Waals surface area contributed by atoms with Crippen molar-refractivity contribution in [3.63, 3.8) is 0 Å². The van der Waals surface area contributed by atoms with Crippen molar-refractivity contribution in [3.05, 3.63) is 47.5 Å². The van der Waals surface area contributed by atoms with Crippen molar-refractivity contribution >= 4 is 11.6 Å². The highest BCUT2D eigenvalue weighted by Gasteiger charge is 2.14. The Balaban J connectivity index is 2.63. The third-order valence-corrected chi connectivity index (χ3v) is 2.85. The van der Waals surface area contributed by atoms with Crippen molar-refractivity contribution in [2.45, 2.75) is 0 Å². The second kappa shape index (κ2) is 5.11. The molecule has 0 radical (unpaired) electrons. The largest absolute Gasteiger partial charge is 0.492 e. The van der Waals surface area contributed by atoms with Crippen LogP contribution >= 0.6 is 11.6 Å². The molecule has 0 bridgehead atoms. The molecule has 88 valence electrons. The summed E-state index contributed by atoms with van der Waals surface area (Å²) in [6, 6.07) is 13.7. The van der Waals surface area contributed by atoms with Crippen LogP contribution in [0.3, 0.4) is 0 Å². The Morgan fingerprint density at radius 1 is 0.824 bits per heavy atom. The smallest absolute Gasteiger partial charge is 0.180 e. The van der Waals surface area contributed by atoms with Gasteiger partial charge < -0.3 is 9.47 Å². The molecule has 0 fully saturated rings. The molecule has 0 aromatic heterocycles. The van der Waals surface area contributed by atoms with Gasteiger partial charge in [-0.25, -0.2) is 0 Å². The van der Waals surface area contributed by atoms with E-state index >= 15 is 0 Å². The zero-order chi connectivity index (χ0) is 12.3. The fraction of sp³-hybridized carbons (Fsp3) is 0.143. The van der Waals surface area contributed by atoms with Crippen LogP contribution in [0.2, 0.25) is 5.02 Å². The molecular weight excluding hydrogens is 236 g/mol. The third-order valence-electron chi connectivity index (χ3n) is 2.56. The number of hydrogen-bond donors (Lipinski definition) is 0. The van der Waals surface area contributed by atoms with Crippen LogP contribution in [-0.2, 0) is 0 Å². The summed E-state index contributed by atoms with van der Waals surface area (Å²) in [5.74, 6) is 1.22. The molecule has 2 nitrogen and oxygen atoms in total. The number of ether oxygens (including phenoxy) is 2. The van der Waals surface area contributed by atoms with Gasteiger partial charge in [0.2, 0.25) is 0 Å². The molecule has 0 spiro atoms. The van der Waals surface area contributed by atoms with Gasteiger partial charge in [0.1, 0.15) is 0 Å². The normalized spacial score (nSPS) is 10.1. The molecule has 0 aliphatic heterocycles. The lowest BCUT2D eigenvalue weighted by Crippen LogP contribution is -1.94. The molecule has 2 aromatic carbocycles. The Morgan fingerprint density at radius 3 is 2.06 bits per heavy atom. The number of halogens is 1. The lowest BCUT2D eigenvalue weighted by atomic mass is 10.0. The highest BCUT2D eigenvalue weighted by atomic mass is 35.5. The molecule has 17 heavy (non-hydrogen) atoms.